The van der Waals surface area contributed by atoms with E-state index in [9.17, 15) is 18.0 Å². The summed E-state index contributed by atoms with van der Waals surface area (Å²) >= 11 is -0.252. The average Bonchev–Trinajstić information content (AvgIpc) is 2.29. The van der Waals surface area contributed by atoms with Crippen molar-refractivity contribution in [1.29, 1.82) is 0 Å². The number of halogens is 3. The van der Waals surface area contributed by atoms with Gasteiger partial charge in [0, 0.05) is 17.4 Å². The summed E-state index contributed by atoms with van der Waals surface area (Å²) < 4.78 is 37.1. The molecule has 0 aliphatic carbocycles. The molecule has 0 fully saturated rings. The standard InChI is InChI=1S/C12H15F3N2OS/c1-2-8(16)7-11(18)17-9-5-3-4-6-10(9)19-12(13,14)15/h3-6,8H,2,7,16H2,1H3,(H,17,18). The number of para-hydroxylation sites is 1. The van der Waals surface area contributed by atoms with Crippen LogP contribution in [-0.4, -0.2) is 17.5 Å². The van der Waals surface area contributed by atoms with Crippen LogP contribution in [0.4, 0.5) is 18.9 Å². The van der Waals surface area contributed by atoms with Gasteiger partial charge in [-0.15, -0.1) is 0 Å². The number of thioether (sulfide) groups is 1. The topological polar surface area (TPSA) is 55.1 Å². The fraction of sp³-hybridized carbons (Fsp3) is 0.417. The number of anilines is 1. The Hall–Kier alpha value is -1.21. The highest BCUT2D eigenvalue weighted by Crippen LogP contribution is 2.40. The van der Waals surface area contributed by atoms with Crippen molar-refractivity contribution in [3.8, 4) is 0 Å². The van der Waals surface area contributed by atoms with Crippen molar-refractivity contribution in [3.05, 3.63) is 24.3 Å². The molecule has 0 saturated carbocycles. The van der Waals surface area contributed by atoms with Gasteiger partial charge in [0.15, 0.2) is 0 Å². The Morgan fingerprint density at radius 2 is 2.05 bits per heavy atom. The lowest BCUT2D eigenvalue weighted by atomic mass is 10.1. The molecule has 1 aromatic rings. The number of nitrogens with two attached hydrogens (primary N) is 1. The largest absolute Gasteiger partial charge is 0.446 e. The molecule has 1 rings (SSSR count). The molecule has 3 nitrogen and oxygen atoms in total. The molecule has 0 aliphatic heterocycles. The molecule has 7 heteroatoms. The highest BCUT2D eigenvalue weighted by Gasteiger charge is 2.30. The molecule has 0 radical (unpaired) electrons. The zero-order chi connectivity index (χ0) is 14.5. The molecule has 0 aromatic heterocycles. The van der Waals surface area contributed by atoms with E-state index in [1.54, 1.807) is 6.07 Å². The summed E-state index contributed by atoms with van der Waals surface area (Å²) in [5.41, 5.74) is 1.38. The molecule has 3 N–H and O–H groups in total. The van der Waals surface area contributed by atoms with E-state index in [-0.39, 0.29) is 40.7 Å². The molecule has 19 heavy (non-hydrogen) atoms. The van der Waals surface area contributed by atoms with Crippen molar-refractivity contribution in [2.75, 3.05) is 5.32 Å². The monoisotopic (exact) mass is 292 g/mol. The Morgan fingerprint density at radius 1 is 1.42 bits per heavy atom. The van der Waals surface area contributed by atoms with Crippen LogP contribution < -0.4 is 11.1 Å². The first-order chi connectivity index (χ1) is 8.81. The van der Waals surface area contributed by atoms with Gasteiger partial charge in [-0.25, -0.2) is 0 Å². The minimum atomic E-state index is -4.39. The van der Waals surface area contributed by atoms with Crippen LogP contribution in [0.1, 0.15) is 19.8 Å². The number of benzene rings is 1. The van der Waals surface area contributed by atoms with E-state index in [2.05, 4.69) is 5.32 Å². The van der Waals surface area contributed by atoms with E-state index < -0.39 is 5.51 Å². The van der Waals surface area contributed by atoms with Gasteiger partial charge in [0.2, 0.25) is 5.91 Å². The summed E-state index contributed by atoms with van der Waals surface area (Å²) in [5, 5.41) is 2.46. The zero-order valence-corrected chi connectivity index (χ0v) is 11.1. The van der Waals surface area contributed by atoms with Gasteiger partial charge in [0.05, 0.1) is 5.69 Å². The number of carbonyl (C=O) groups excluding carboxylic acids is 1. The van der Waals surface area contributed by atoms with Gasteiger partial charge in [-0.1, -0.05) is 19.1 Å². The fourth-order valence-electron chi connectivity index (χ4n) is 1.37. The van der Waals surface area contributed by atoms with Crippen molar-refractivity contribution in [2.24, 2.45) is 5.73 Å². The van der Waals surface area contributed by atoms with Crippen LogP contribution in [0.2, 0.25) is 0 Å². The van der Waals surface area contributed by atoms with Gasteiger partial charge < -0.3 is 11.1 Å². The van der Waals surface area contributed by atoms with Crippen LogP contribution >= 0.6 is 11.8 Å². The second-order valence-electron chi connectivity index (χ2n) is 3.96. The Morgan fingerprint density at radius 3 is 2.63 bits per heavy atom. The maximum absolute atomic E-state index is 12.4. The maximum Gasteiger partial charge on any atom is 0.446 e. The lowest BCUT2D eigenvalue weighted by Crippen LogP contribution is -2.26. The highest BCUT2D eigenvalue weighted by molar-refractivity contribution is 8.00. The minimum Gasteiger partial charge on any atom is -0.327 e. The van der Waals surface area contributed by atoms with Crippen molar-refractivity contribution in [3.63, 3.8) is 0 Å². The summed E-state index contributed by atoms with van der Waals surface area (Å²) in [6.45, 7) is 1.84. The number of hydrogen-bond donors (Lipinski definition) is 2. The third-order valence-corrected chi connectivity index (χ3v) is 3.17. The summed E-state index contributed by atoms with van der Waals surface area (Å²) in [6, 6.07) is 5.51. The molecular formula is C12H15F3N2OS. The third kappa shape index (κ3) is 5.98. The second-order valence-corrected chi connectivity index (χ2v) is 5.07. The molecule has 106 valence electrons. The Labute approximate surface area is 113 Å². The number of rotatable bonds is 5. The van der Waals surface area contributed by atoms with Crippen LogP contribution in [0.5, 0.6) is 0 Å². The third-order valence-electron chi connectivity index (χ3n) is 2.36. The first-order valence-electron chi connectivity index (χ1n) is 5.72. The van der Waals surface area contributed by atoms with Crippen LogP contribution in [0.15, 0.2) is 29.2 Å². The number of alkyl halides is 3. The second kappa shape index (κ2) is 6.81. The molecular weight excluding hydrogens is 277 g/mol. The van der Waals surface area contributed by atoms with Gasteiger partial charge in [-0.05, 0) is 30.3 Å². The smallest absolute Gasteiger partial charge is 0.327 e. The van der Waals surface area contributed by atoms with E-state index in [4.69, 9.17) is 5.73 Å². The van der Waals surface area contributed by atoms with Crippen LogP contribution in [0.25, 0.3) is 0 Å². The highest BCUT2D eigenvalue weighted by atomic mass is 32.2. The summed E-state index contributed by atoms with van der Waals surface area (Å²) in [6.07, 6.45) is 0.716. The maximum atomic E-state index is 12.4. The van der Waals surface area contributed by atoms with Crippen LogP contribution in [0, 0.1) is 0 Å². The normalized spacial score (nSPS) is 13.1. The molecule has 1 atom stereocenters. The van der Waals surface area contributed by atoms with Gasteiger partial charge in [-0.2, -0.15) is 13.2 Å². The van der Waals surface area contributed by atoms with Gasteiger partial charge in [0.25, 0.3) is 0 Å². The summed E-state index contributed by atoms with van der Waals surface area (Å²) in [7, 11) is 0. The lowest BCUT2D eigenvalue weighted by molar-refractivity contribution is -0.116. The van der Waals surface area contributed by atoms with Crippen molar-refractivity contribution in [2.45, 2.75) is 36.2 Å². The summed E-state index contributed by atoms with van der Waals surface area (Å²) in [4.78, 5) is 11.6. The first kappa shape index (κ1) is 15.8. The number of hydrogen-bond acceptors (Lipinski definition) is 3. The first-order valence-corrected chi connectivity index (χ1v) is 6.53. The van der Waals surface area contributed by atoms with Crippen molar-refractivity contribution in [1.82, 2.24) is 0 Å². The van der Waals surface area contributed by atoms with Crippen molar-refractivity contribution < 1.29 is 18.0 Å². The van der Waals surface area contributed by atoms with Crippen LogP contribution in [0.3, 0.4) is 0 Å². The Balaban J connectivity index is 2.75. The number of nitrogens with one attached hydrogen (secondary N) is 1. The quantitative estimate of drug-likeness (QED) is 0.818. The molecule has 0 saturated heterocycles. The molecule has 1 unspecified atom stereocenters. The van der Waals surface area contributed by atoms with E-state index >= 15 is 0 Å². The molecule has 0 aliphatic rings. The van der Waals surface area contributed by atoms with Gasteiger partial charge >= 0.3 is 5.51 Å². The Kier molecular flexibility index (Phi) is 5.68. The minimum absolute atomic E-state index is 0.0339. The average molecular weight is 292 g/mol. The summed E-state index contributed by atoms with van der Waals surface area (Å²) in [5.74, 6) is -0.385. The van der Waals surface area contributed by atoms with Gasteiger partial charge in [-0.3, -0.25) is 4.79 Å². The molecule has 0 spiro atoms. The molecule has 1 amide bonds. The molecule has 0 bridgehead atoms. The van der Waals surface area contributed by atoms with Crippen LogP contribution in [-0.2, 0) is 4.79 Å². The predicted molar refractivity (Wildman–Crippen MR) is 69.9 cm³/mol. The van der Waals surface area contributed by atoms with E-state index in [0.717, 1.165) is 0 Å². The van der Waals surface area contributed by atoms with E-state index in [1.807, 2.05) is 6.92 Å². The SMILES string of the molecule is CCC(N)CC(=O)Nc1ccccc1SC(F)(F)F. The zero-order valence-electron chi connectivity index (χ0n) is 10.3. The van der Waals surface area contributed by atoms with E-state index in [0.29, 0.717) is 6.42 Å². The Bertz CT molecular complexity index is 437. The number of carbonyl (C=O) groups is 1. The van der Waals surface area contributed by atoms with E-state index in [1.165, 1.54) is 18.2 Å². The number of amides is 1. The predicted octanol–water partition coefficient (Wildman–Crippen LogP) is 3.36. The molecule has 0 heterocycles. The fourth-order valence-corrected chi connectivity index (χ4v) is 1.99. The molecule has 1 aromatic carbocycles. The lowest BCUT2D eigenvalue weighted by Gasteiger charge is -2.13. The van der Waals surface area contributed by atoms with Crippen molar-refractivity contribution >= 4 is 23.4 Å². The van der Waals surface area contributed by atoms with Gasteiger partial charge in [0.1, 0.15) is 0 Å².